The molecule has 1 aliphatic heterocycles. The van der Waals surface area contributed by atoms with Crippen molar-refractivity contribution in [3.63, 3.8) is 0 Å². The summed E-state index contributed by atoms with van der Waals surface area (Å²) in [5, 5.41) is 0. The lowest BCUT2D eigenvalue weighted by molar-refractivity contribution is 0.272. The Kier molecular flexibility index (Phi) is 4.18. The van der Waals surface area contributed by atoms with E-state index < -0.39 is 11.6 Å². The predicted octanol–water partition coefficient (Wildman–Crippen LogP) is 2.33. The van der Waals surface area contributed by atoms with Crippen LogP contribution in [-0.4, -0.2) is 43.5 Å². The summed E-state index contributed by atoms with van der Waals surface area (Å²) >= 11 is 5.67. The molecule has 0 unspecified atom stereocenters. The van der Waals surface area contributed by atoms with Crippen molar-refractivity contribution < 1.29 is 8.78 Å². The van der Waals surface area contributed by atoms with Crippen LogP contribution in [0.3, 0.4) is 0 Å². The molecule has 0 saturated carbocycles. The first-order valence-corrected chi connectivity index (χ1v) is 6.22. The van der Waals surface area contributed by atoms with E-state index in [2.05, 4.69) is 4.90 Å². The first kappa shape index (κ1) is 12.6. The summed E-state index contributed by atoms with van der Waals surface area (Å²) in [5.41, 5.74) is 0.483. The summed E-state index contributed by atoms with van der Waals surface area (Å²) < 4.78 is 26.4. The number of piperazine rings is 1. The van der Waals surface area contributed by atoms with Crippen molar-refractivity contribution in [3.8, 4) is 0 Å². The van der Waals surface area contributed by atoms with Crippen LogP contribution in [0, 0.1) is 11.6 Å². The summed E-state index contributed by atoms with van der Waals surface area (Å²) in [6.45, 7) is 4.09. The lowest BCUT2D eigenvalue weighted by Gasteiger charge is -2.35. The number of anilines is 1. The quantitative estimate of drug-likeness (QED) is 0.770. The van der Waals surface area contributed by atoms with E-state index in [1.165, 1.54) is 12.1 Å². The molecule has 0 atom stereocenters. The Bertz CT molecular complexity index is 379. The Morgan fingerprint density at radius 1 is 1.12 bits per heavy atom. The van der Waals surface area contributed by atoms with E-state index in [1.54, 1.807) is 0 Å². The van der Waals surface area contributed by atoms with Crippen molar-refractivity contribution in [2.75, 3.05) is 43.5 Å². The van der Waals surface area contributed by atoms with Crippen LogP contribution in [-0.2, 0) is 0 Å². The van der Waals surface area contributed by atoms with Crippen molar-refractivity contribution in [1.29, 1.82) is 0 Å². The molecule has 0 bridgehead atoms. The maximum absolute atomic E-state index is 13.6. The Labute approximate surface area is 105 Å². The highest BCUT2D eigenvalue weighted by Crippen LogP contribution is 2.21. The van der Waals surface area contributed by atoms with Crippen LogP contribution in [0.1, 0.15) is 0 Å². The van der Waals surface area contributed by atoms with Gasteiger partial charge in [-0.15, -0.1) is 11.6 Å². The van der Waals surface area contributed by atoms with Gasteiger partial charge in [-0.2, -0.15) is 0 Å². The lowest BCUT2D eigenvalue weighted by Crippen LogP contribution is -2.47. The molecular weight excluding hydrogens is 246 g/mol. The SMILES string of the molecule is Fc1ccc(N2CCN(CCCl)CC2)c(F)c1. The predicted molar refractivity (Wildman–Crippen MR) is 65.7 cm³/mol. The average Bonchev–Trinajstić information content (AvgIpc) is 2.31. The van der Waals surface area contributed by atoms with Gasteiger partial charge in [-0.25, -0.2) is 8.78 Å². The van der Waals surface area contributed by atoms with Crippen LogP contribution in [0.25, 0.3) is 0 Å². The third-order valence-corrected chi connectivity index (χ3v) is 3.19. The van der Waals surface area contributed by atoms with Crippen LogP contribution in [0.5, 0.6) is 0 Å². The molecule has 1 aliphatic rings. The number of nitrogens with zero attached hydrogens (tertiary/aromatic N) is 2. The van der Waals surface area contributed by atoms with E-state index in [4.69, 9.17) is 11.6 Å². The smallest absolute Gasteiger partial charge is 0.149 e. The second-order valence-corrected chi connectivity index (χ2v) is 4.49. The molecule has 2 nitrogen and oxygen atoms in total. The molecule has 1 aromatic carbocycles. The largest absolute Gasteiger partial charge is 0.367 e. The minimum atomic E-state index is -0.535. The zero-order valence-corrected chi connectivity index (χ0v) is 10.3. The van der Waals surface area contributed by atoms with Crippen LogP contribution >= 0.6 is 11.6 Å². The Balaban J connectivity index is 2.00. The fourth-order valence-electron chi connectivity index (χ4n) is 2.07. The highest BCUT2D eigenvalue weighted by Gasteiger charge is 2.19. The Morgan fingerprint density at radius 2 is 1.82 bits per heavy atom. The fourth-order valence-corrected chi connectivity index (χ4v) is 2.31. The van der Waals surface area contributed by atoms with Crippen molar-refractivity contribution in [3.05, 3.63) is 29.8 Å². The molecule has 1 saturated heterocycles. The summed E-state index contributed by atoms with van der Waals surface area (Å²) in [6, 6.07) is 3.73. The minimum Gasteiger partial charge on any atom is -0.367 e. The van der Waals surface area contributed by atoms with Gasteiger partial charge in [0.2, 0.25) is 0 Å². The first-order valence-electron chi connectivity index (χ1n) is 5.69. The third kappa shape index (κ3) is 3.07. The van der Waals surface area contributed by atoms with E-state index in [-0.39, 0.29) is 0 Å². The summed E-state index contributed by atoms with van der Waals surface area (Å²) in [7, 11) is 0. The van der Waals surface area contributed by atoms with Crippen molar-refractivity contribution >= 4 is 17.3 Å². The van der Waals surface area contributed by atoms with Gasteiger partial charge < -0.3 is 4.90 Å². The van der Waals surface area contributed by atoms with Crippen LogP contribution in [0.15, 0.2) is 18.2 Å². The molecule has 1 fully saturated rings. The number of hydrogen-bond donors (Lipinski definition) is 0. The molecular formula is C12H15ClF2N2. The molecule has 0 aromatic heterocycles. The van der Waals surface area contributed by atoms with Crippen LogP contribution in [0.2, 0.25) is 0 Å². The maximum Gasteiger partial charge on any atom is 0.149 e. The summed E-state index contributed by atoms with van der Waals surface area (Å²) in [6.07, 6.45) is 0. The first-order chi connectivity index (χ1) is 8.20. The van der Waals surface area contributed by atoms with Gasteiger partial charge in [-0.3, -0.25) is 4.90 Å². The van der Waals surface area contributed by atoms with E-state index in [0.717, 1.165) is 38.8 Å². The molecule has 0 aliphatic carbocycles. The summed E-state index contributed by atoms with van der Waals surface area (Å²) in [5.74, 6) is -0.409. The maximum atomic E-state index is 13.6. The monoisotopic (exact) mass is 260 g/mol. The fraction of sp³-hybridized carbons (Fsp3) is 0.500. The topological polar surface area (TPSA) is 6.48 Å². The molecule has 1 aromatic rings. The van der Waals surface area contributed by atoms with Gasteiger partial charge >= 0.3 is 0 Å². The zero-order chi connectivity index (χ0) is 12.3. The molecule has 0 radical (unpaired) electrons. The number of alkyl halides is 1. The van der Waals surface area contributed by atoms with Gasteiger partial charge in [-0.1, -0.05) is 0 Å². The second kappa shape index (κ2) is 5.65. The van der Waals surface area contributed by atoms with E-state index in [9.17, 15) is 8.78 Å². The van der Waals surface area contributed by atoms with E-state index >= 15 is 0 Å². The molecule has 0 spiro atoms. The standard InChI is InChI=1S/C12H15ClF2N2/c13-3-4-16-5-7-17(8-6-16)12-2-1-10(14)9-11(12)15/h1-2,9H,3-8H2. The van der Waals surface area contributed by atoms with Crippen LogP contribution in [0.4, 0.5) is 14.5 Å². The van der Waals surface area contributed by atoms with Crippen molar-refractivity contribution in [1.82, 2.24) is 4.90 Å². The van der Waals surface area contributed by atoms with E-state index in [1.807, 2.05) is 4.90 Å². The third-order valence-electron chi connectivity index (χ3n) is 3.02. The lowest BCUT2D eigenvalue weighted by atomic mass is 10.2. The average molecular weight is 261 g/mol. The molecule has 5 heteroatoms. The number of benzene rings is 1. The van der Waals surface area contributed by atoms with Crippen molar-refractivity contribution in [2.24, 2.45) is 0 Å². The molecule has 0 N–H and O–H groups in total. The van der Waals surface area contributed by atoms with E-state index in [0.29, 0.717) is 11.6 Å². The van der Waals surface area contributed by atoms with Gasteiger partial charge in [0, 0.05) is 44.7 Å². The minimum absolute atomic E-state index is 0.483. The number of rotatable bonds is 3. The molecule has 1 heterocycles. The van der Waals surface area contributed by atoms with Crippen LogP contribution < -0.4 is 4.90 Å². The highest BCUT2D eigenvalue weighted by molar-refractivity contribution is 6.18. The molecule has 94 valence electrons. The van der Waals surface area contributed by atoms with Gasteiger partial charge in [0.25, 0.3) is 0 Å². The second-order valence-electron chi connectivity index (χ2n) is 4.11. The van der Waals surface area contributed by atoms with Gasteiger partial charge in [-0.05, 0) is 12.1 Å². The molecule has 17 heavy (non-hydrogen) atoms. The molecule has 0 amide bonds. The zero-order valence-electron chi connectivity index (χ0n) is 9.50. The normalized spacial score (nSPS) is 17.5. The van der Waals surface area contributed by atoms with Crippen molar-refractivity contribution in [2.45, 2.75) is 0 Å². The van der Waals surface area contributed by atoms with Gasteiger partial charge in [0.1, 0.15) is 11.6 Å². The number of halogens is 3. The Morgan fingerprint density at radius 3 is 2.41 bits per heavy atom. The molecule has 2 rings (SSSR count). The highest BCUT2D eigenvalue weighted by atomic mass is 35.5. The van der Waals surface area contributed by atoms with Gasteiger partial charge in [0.05, 0.1) is 5.69 Å². The van der Waals surface area contributed by atoms with Gasteiger partial charge in [0.15, 0.2) is 0 Å². The number of hydrogen-bond acceptors (Lipinski definition) is 2. The summed E-state index contributed by atoms with van der Waals surface area (Å²) in [4.78, 5) is 4.18. The Hall–Kier alpha value is -0.870.